The van der Waals surface area contributed by atoms with Crippen LogP contribution in [0.3, 0.4) is 0 Å². The number of rotatable bonds is 8. The largest absolute Gasteiger partial charge is 0.151 e. The van der Waals surface area contributed by atoms with Crippen molar-refractivity contribution in [2.75, 3.05) is 5.08 Å². The minimum atomic E-state index is -1.70. The molecule has 192 valence electrons. The van der Waals surface area contributed by atoms with Gasteiger partial charge in [0.2, 0.25) is 0 Å². The molecule has 0 saturated carbocycles. The summed E-state index contributed by atoms with van der Waals surface area (Å²) in [6, 6.07) is 67.4. The summed E-state index contributed by atoms with van der Waals surface area (Å²) in [6.07, 6.45) is 0. The fourth-order valence-electron chi connectivity index (χ4n) is 5.41. The minimum absolute atomic E-state index is 0.982. The number of hydrogen-bond acceptors (Lipinski definition) is 0. The molecule has 0 fully saturated rings. The van der Waals surface area contributed by atoms with Crippen LogP contribution in [0, 0.1) is 0 Å². The van der Waals surface area contributed by atoms with Crippen LogP contribution in [-0.4, -0.2) is 5.08 Å². The van der Waals surface area contributed by atoms with Crippen molar-refractivity contribution in [1.29, 1.82) is 0 Å². The molecular weight excluding hydrogens is 509 g/mol. The molecule has 0 heterocycles. The first-order valence-electron chi connectivity index (χ1n) is 13.3. The van der Waals surface area contributed by atoms with Crippen molar-refractivity contribution in [3.63, 3.8) is 0 Å². The van der Waals surface area contributed by atoms with Crippen LogP contribution in [0.2, 0.25) is 0 Å². The van der Waals surface area contributed by atoms with E-state index in [1.165, 1.54) is 29.4 Å². The van der Waals surface area contributed by atoms with Crippen LogP contribution in [0.15, 0.2) is 211 Å². The Balaban J connectivity index is 1.76. The summed E-state index contributed by atoms with van der Waals surface area (Å²) in [5.41, 5.74) is 0. The highest BCUT2D eigenvalue weighted by molar-refractivity contribution is 8.49. The first-order valence-corrected chi connectivity index (χ1v) is 16.9. The molecule has 39 heavy (non-hydrogen) atoms. The van der Waals surface area contributed by atoms with Crippen LogP contribution in [0.5, 0.6) is 0 Å². The summed E-state index contributed by atoms with van der Waals surface area (Å²) in [6.45, 7) is 0. The summed E-state index contributed by atoms with van der Waals surface area (Å²) >= 11 is 0. The quantitative estimate of drug-likeness (QED) is 0.180. The van der Waals surface area contributed by atoms with Crippen LogP contribution in [-0.2, 0) is 0 Å². The van der Waals surface area contributed by atoms with Gasteiger partial charge in [-0.05, 0) is 102 Å². The Bertz CT molecular complexity index is 1270. The third kappa shape index (κ3) is 4.71. The van der Waals surface area contributed by atoms with Gasteiger partial charge in [0.1, 0.15) is 0 Å². The first kappa shape index (κ1) is 25.3. The van der Waals surface area contributed by atoms with Crippen LogP contribution in [0.25, 0.3) is 0 Å². The molecule has 0 aromatic heterocycles. The summed E-state index contributed by atoms with van der Waals surface area (Å²) in [5.74, 6) is 0. The van der Waals surface area contributed by atoms with Crippen molar-refractivity contribution in [2.45, 2.75) is 29.4 Å². The molecule has 6 rings (SSSR count). The van der Waals surface area contributed by atoms with Gasteiger partial charge >= 0.3 is 0 Å². The first-order chi connectivity index (χ1) is 19.3. The lowest BCUT2D eigenvalue weighted by Crippen LogP contribution is -2.17. The fourth-order valence-corrected chi connectivity index (χ4v) is 16.2. The topological polar surface area (TPSA) is 0 Å². The van der Waals surface area contributed by atoms with E-state index in [0.29, 0.717) is 0 Å². The third-order valence-electron chi connectivity index (χ3n) is 7.23. The molecule has 0 aliphatic heterocycles. The van der Waals surface area contributed by atoms with Gasteiger partial charge in [-0.1, -0.05) is 109 Å². The molecule has 0 bridgehead atoms. The van der Waals surface area contributed by atoms with Crippen molar-refractivity contribution < 1.29 is 0 Å². The van der Waals surface area contributed by atoms with Crippen molar-refractivity contribution in [3.8, 4) is 0 Å². The maximum atomic E-state index is 2.35. The SMILES string of the molecule is c1ccc(S(CS(c2ccccc2)(c2ccccc2)c2ccccc2)(c2ccccc2)c2ccccc2)cc1. The van der Waals surface area contributed by atoms with Gasteiger partial charge in [0, 0.05) is 5.08 Å². The molecule has 0 spiro atoms. The average Bonchev–Trinajstić information content (AvgIpc) is 3.04. The van der Waals surface area contributed by atoms with Gasteiger partial charge in [-0.25, -0.2) is 0 Å². The second-order valence-electron chi connectivity index (χ2n) is 9.47. The van der Waals surface area contributed by atoms with Crippen LogP contribution < -0.4 is 0 Å². The lowest BCUT2D eigenvalue weighted by molar-refractivity contribution is 1.26. The number of benzene rings is 6. The van der Waals surface area contributed by atoms with Gasteiger partial charge in [-0.3, -0.25) is 0 Å². The molecule has 0 aliphatic rings. The molecule has 2 heteroatoms. The molecule has 0 atom stereocenters. The predicted octanol–water partition coefficient (Wildman–Crippen LogP) is 10.9. The normalized spacial score (nSPS) is 12.5. The highest BCUT2D eigenvalue weighted by atomic mass is 32.3. The summed E-state index contributed by atoms with van der Waals surface area (Å²) < 4.78 is 0. The van der Waals surface area contributed by atoms with Gasteiger partial charge < -0.3 is 0 Å². The molecule has 0 N–H and O–H groups in total. The van der Waals surface area contributed by atoms with E-state index < -0.39 is 20.1 Å². The predicted molar refractivity (Wildman–Crippen MR) is 168 cm³/mol. The molecule has 0 radical (unpaired) electrons. The van der Waals surface area contributed by atoms with E-state index in [-0.39, 0.29) is 0 Å². The van der Waals surface area contributed by atoms with E-state index in [2.05, 4.69) is 182 Å². The van der Waals surface area contributed by atoms with Crippen LogP contribution in [0.4, 0.5) is 0 Å². The van der Waals surface area contributed by atoms with Gasteiger partial charge in [-0.2, -0.15) is 20.1 Å². The molecule has 0 saturated heterocycles. The van der Waals surface area contributed by atoms with E-state index in [4.69, 9.17) is 0 Å². The summed E-state index contributed by atoms with van der Waals surface area (Å²) in [7, 11) is -3.40. The zero-order valence-corrected chi connectivity index (χ0v) is 23.5. The Hall–Kier alpha value is -3.98. The average molecular weight is 541 g/mol. The van der Waals surface area contributed by atoms with Crippen LogP contribution >= 0.6 is 20.1 Å². The lowest BCUT2D eigenvalue weighted by atomic mass is 10.4. The van der Waals surface area contributed by atoms with E-state index in [9.17, 15) is 0 Å². The molecule has 0 amide bonds. The Labute approximate surface area is 235 Å². The lowest BCUT2D eigenvalue weighted by Gasteiger charge is -2.52. The molecule has 6 aromatic rings. The van der Waals surface area contributed by atoms with Crippen molar-refractivity contribution in [1.82, 2.24) is 0 Å². The van der Waals surface area contributed by atoms with E-state index >= 15 is 0 Å². The van der Waals surface area contributed by atoms with Crippen LogP contribution in [0.1, 0.15) is 0 Å². The summed E-state index contributed by atoms with van der Waals surface area (Å²) in [5, 5.41) is 0.982. The Kier molecular flexibility index (Phi) is 7.40. The van der Waals surface area contributed by atoms with E-state index in [1.807, 2.05) is 0 Å². The maximum Gasteiger partial charge on any atom is 0.0311 e. The Morgan fingerprint density at radius 3 is 0.538 bits per heavy atom. The second-order valence-corrected chi connectivity index (χ2v) is 16.2. The minimum Gasteiger partial charge on any atom is -0.151 e. The second kappa shape index (κ2) is 11.4. The smallest absolute Gasteiger partial charge is 0.0311 e. The van der Waals surface area contributed by atoms with E-state index in [1.54, 1.807) is 0 Å². The van der Waals surface area contributed by atoms with Crippen molar-refractivity contribution in [3.05, 3.63) is 182 Å². The molecule has 6 aromatic carbocycles. The van der Waals surface area contributed by atoms with Gasteiger partial charge in [0.05, 0.1) is 0 Å². The van der Waals surface area contributed by atoms with Gasteiger partial charge in [-0.15, -0.1) is 0 Å². The standard InChI is InChI=1S/C37H32S2/c1-7-19-32(20-8-1)38(33-21-9-2-10-22-33,34-23-11-3-12-24-34)31-39(35-25-13-4-14-26-35,36-27-15-5-16-28-36)37-29-17-6-18-30-37/h1-30H,31H2. The van der Waals surface area contributed by atoms with Crippen molar-refractivity contribution in [2.24, 2.45) is 0 Å². The summed E-state index contributed by atoms with van der Waals surface area (Å²) in [4.78, 5) is 8.34. The Morgan fingerprint density at radius 1 is 0.231 bits per heavy atom. The highest BCUT2D eigenvalue weighted by Gasteiger charge is 2.41. The van der Waals surface area contributed by atoms with E-state index in [0.717, 1.165) is 5.08 Å². The number of hydrogen-bond donors (Lipinski definition) is 0. The zero-order chi connectivity index (χ0) is 26.4. The molecule has 0 unspecified atom stereocenters. The monoisotopic (exact) mass is 540 g/mol. The highest BCUT2D eigenvalue weighted by Crippen LogP contribution is 2.81. The zero-order valence-electron chi connectivity index (χ0n) is 21.8. The fraction of sp³-hybridized carbons (Fsp3) is 0.0270. The maximum absolute atomic E-state index is 2.35. The Morgan fingerprint density at radius 2 is 0.385 bits per heavy atom. The van der Waals surface area contributed by atoms with Gasteiger partial charge in [0.25, 0.3) is 0 Å². The van der Waals surface area contributed by atoms with Gasteiger partial charge in [0.15, 0.2) is 0 Å². The van der Waals surface area contributed by atoms with Crippen molar-refractivity contribution >= 4 is 20.1 Å². The third-order valence-corrected chi connectivity index (χ3v) is 16.5. The molecular formula is C37H32S2. The molecule has 0 nitrogen and oxygen atoms in total. The molecule has 0 aliphatic carbocycles.